The first-order chi connectivity index (χ1) is 19.7. The summed E-state index contributed by atoms with van der Waals surface area (Å²) in [4.78, 5) is 45.3. The van der Waals surface area contributed by atoms with Crippen LogP contribution in [0, 0.1) is 6.92 Å². The Kier molecular flexibility index (Phi) is 11.1. The van der Waals surface area contributed by atoms with E-state index in [-0.39, 0.29) is 30.7 Å². The zero-order valence-corrected chi connectivity index (χ0v) is 23.9. The number of nitrogens with zero attached hydrogens (tertiary/aromatic N) is 3. The fraction of sp³-hybridized carbons (Fsp3) is 0.300. The van der Waals surface area contributed by atoms with Crippen LogP contribution in [0.3, 0.4) is 0 Å². The van der Waals surface area contributed by atoms with Crippen LogP contribution in [0.1, 0.15) is 22.8 Å². The maximum atomic E-state index is 13.5. The number of methoxy groups -OCH3 is 1. The number of hydroxylamine groups is 2. The predicted octanol–water partition coefficient (Wildman–Crippen LogP) is 4.47. The summed E-state index contributed by atoms with van der Waals surface area (Å²) in [6.45, 7) is 4.60. The third-order valence-electron chi connectivity index (χ3n) is 6.35. The van der Waals surface area contributed by atoms with Gasteiger partial charge in [0.1, 0.15) is 18.1 Å². The highest BCUT2D eigenvalue weighted by atomic mass is 16.7. The molecule has 3 amide bonds. The number of hydrogen-bond acceptors (Lipinski definition) is 7. The minimum Gasteiger partial charge on any atom is -0.494 e. The first-order valence-corrected chi connectivity index (χ1v) is 13.0. The number of urea groups is 1. The molecule has 11 nitrogen and oxygen atoms in total. The van der Waals surface area contributed by atoms with E-state index >= 15 is 0 Å². The van der Waals surface area contributed by atoms with Gasteiger partial charge in [0.2, 0.25) is 5.91 Å². The topological polar surface area (TPSA) is 121 Å². The van der Waals surface area contributed by atoms with Gasteiger partial charge in [-0.05, 0) is 55.0 Å². The largest absolute Gasteiger partial charge is 0.494 e. The van der Waals surface area contributed by atoms with E-state index in [9.17, 15) is 14.4 Å². The van der Waals surface area contributed by atoms with Crippen molar-refractivity contribution in [3.63, 3.8) is 0 Å². The highest BCUT2D eigenvalue weighted by molar-refractivity contribution is 6.02. The van der Waals surface area contributed by atoms with E-state index in [1.165, 1.54) is 31.1 Å². The molecule has 0 heterocycles. The summed E-state index contributed by atoms with van der Waals surface area (Å²) in [6.07, 6.45) is 0. The zero-order valence-electron chi connectivity index (χ0n) is 23.9. The van der Waals surface area contributed by atoms with Crippen molar-refractivity contribution in [2.24, 2.45) is 0 Å². The molecule has 0 aliphatic carbocycles. The summed E-state index contributed by atoms with van der Waals surface area (Å²) in [5, 5.41) is 13.6. The maximum Gasteiger partial charge on any atom is 0.335 e. The zero-order chi connectivity index (χ0) is 29.9. The quantitative estimate of drug-likeness (QED) is 0.292. The molecule has 3 aromatic rings. The van der Waals surface area contributed by atoms with Crippen molar-refractivity contribution in [1.29, 1.82) is 0 Å². The number of hydrogen-bond donors (Lipinski definition) is 2. The lowest BCUT2D eigenvalue weighted by atomic mass is 10.1. The maximum absolute atomic E-state index is 13.5. The first-order valence-electron chi connectivity index (χ1n) is 13.0. The van der Waals surface area contributed by atoms with Crippen LogP contribution in [-0.2, 0) is 9.63 Å². The highest BCUT2D eigenvalue weighted by Crippen LogP contribution is 2.38. The number of para-hydroxylation sites is 1. The fourth-order valence-corrected chi connectivity index (χ4v) is 4.09. The van der Waals surface area contributed by atoms with E-state index in [0.29, 0.717) is 41.7 Å². The summed E-state index contributed by atoms with van der Waals surface area (Å²) >= 11 is 0. The Balaban J connectivity index is 1.85. The molecule has 0 unspecified atom stereocenters. The number of carbonyl (C=O) groups is 3. The number of likely N-dealkylation sites (N-methyl/N-ethyl adjacent to an activating group) is 1. The third-order valence-corrected chi connectivity index (χ3v) is 6.35. The molecule has 0 spiro atoms. The molecule has 3 rings (SSSR count). The minimum absolute atomic E-state index is 0.158. The Morgan fingerprint density at radius 1 is 0.927 bits per heavy atom. The predicted molar refractivity (Wildman–Crippen MR) is 156 cm³/mol. The number of rotatable bonds is 13. The van der Waals surface area contributed by atoms with Crippen molar-refractivity contribution in [3.05, 3.63) is 77.9 Å². The van der Waals surface area contributed by atoms with E-state index in [0.717, 1.165) is 5.56 Å². The molecule has 11 heteroatoms. The standard InChI is InChI=1S/C30H36N4O7/c1-21-8-6-7-9-26(21)34(30(38)31-16-17-32(3)40-5)27-15-12-24(20-28(27)39-4)33(22(2)35)18-19-41-25-13-10-23(11-14-25)29(36)37/h6-15,20H,16-19H2,1-5H3,(H,31,38)(H,36,37). The molecule has 0 bridgehead atoms. The summed E-state index contributed by atoms with van der Waals surface area (Å²) < 4.78 is 11.4. The van der Waals surface area contributed by atoms with Crippen molar-refractivity contribution in [2.75, 3.05) is 57.3 Å². The Bertz CT molecular complexity index is 1350. The number of anilines is 3. The molecular formula is C30H36N4O7. The Morgan fingerprint density at radius 2 is 1.63 bits per heavy atom. The van der Waals surface area contributed by atoms with Crippen LogP contribution in [-0.4, -0.2) is 75.6 Å². The van der Waals surface area contributed by atoms with Crippen molar-refractivity contribution in [1.82, 2.24) is 10.4 Å². The molecule has 0 aromatic heterocycles. The van der Waals surface area contributed by atoms with Crippen molar-refractivity contribution < 1.29 is 33.8 Å². The number of carboxylic acid groups (broad SMARTS) is 1. The van der Waals surface area contributed by atoms with Gasteiger partial charge in [-0.15, -0.1) is 0 Å². The van der Waals surface area contributed by atoms with E-state index < -0.39 is 5.97 Å². The van der Waals surface area contributed by atoms with Crippen LogP contribution in [0.4, 0.5) is 21.9 Å². The number of carbonyl (C=O) groups excluding carboxylic acids is 2. The van der Waals surface area contributed by atoms with E-state index in [1.807, 2.05) is 31.2 Å². The van der Waals surface area contributed by atoms with Crippen LogP contribution < -0.4 is 24.6 Å². The van der Waals surface area contributed by atoms with Crippen LogP contribution in [0.5, 0.6) is 11.5 Å². The van der Waals surface area contributed by atoms with Crippen LogP contribution in [0.2, 0.25) is 0 Å². The number of aryl methyl sites for hydroxylation is 1. The second-order valence-corrected chi connectivity index (χ2v) is 9.09. The number of ether oxygens (including phenoxy) is 2. The lowest BCUT2D eigenvalue weighted by Crippen LogP contribution is -2.40. The van der Waals surface area contributed by atoms with Gasteiger partial charge in [0, 0.05) is 38.8 Å². The normalized spacial score (nSPS) is 10.7. The SMILES string of the molecule is COc1cc(N(CCOc2ccc(C(=O)O)cc2)C(C)=O)ccc1N(C(=O)NCCN(C)OC)c1ccccc1C. The van der Waals surface area contributed by atoms with Crippen LogP contribution in [0.25, 0.3) is 0 Å². The molecule has 41 heavy (non-hydrogen) atoms. The summed E-state index contributed by atoms with van der Waals surface area (Å²) in [5.74, 6) is -0.344. The Morgan fingerprint density at radius 3 is 2.24 bits per heavy atom. The lowest BCUT2D eigenvalue weighted by Gasteiger charge is -2.28. The van der Waals surface area contributed by atoms with E-state index in [1.54, 1.807) is 54.5 Å². The fourth-order valence-electron chi connectivity index (χ4n) is 4.09. The smallest absolute Gasteiger partial charge is 0.335 e. The van der Waals surface area contributed by atoms with Gasteiger partial charge in [0.15, 0.2) is 0 Å². The van der Waals surface area contributed by atoms with Crippen molar-refractivity contribution >= 4 is 35.0 Å². The number of carboxylic acids is 1. The van der Waals surface area contributed by atoms with Crippen LogP contribution >= 0.6 is 0 Å². The monoisotopic (exact) mass is 564 g/mol. The highest BCUT2D eigenvalue weighted by Gasteiger charge is 2.24. The molecule has 0 atom stereocenters. The number of aromatic carboxylic acids is 1. The van der Waals surface area contributed by atoms with Crippen molar-refractivity contribution in [2.45, 2.75) is 13.8 Å². The van der Waals surface area contributed by atoms with Crippen LogP contribution in [0.15, 0.2) is 66.7 Å². The lowest BCUT2D eigenvalue weighted by molar-refractivity contribution is -0.116. The van der Waals surface area contributed by atoms with E-state index in [2.05, 4.69) is 5.32 Å². The Labute approximate surface area is 239 Å². The summed E-state index contributed by atoms with van der Waals surface area (Å²) in [7, 11) is 4.84. The number of nitrogens with one attached hydrogen (secondary N) is 1. The van der Waals surface area contributed by atoms with E-state index in [4.69, 9.17) is 19.4 Å². The molecule has 0 saturated carbocycles. The van der Waals surface area contributed by atoms with Gasteiger partial charge in [0.25, 0.3) is 0 Å². The second kappa shape index (κ2) is 14.7. The summed E-state index contributed by atoms with van der Waals surface area (Å²) in [5.41, 5.74) is 2.80. The second-order valence-electron chi connectivity index (χ2n) is 9.09. The number of amides is 3. The molecule has 3 aromatic carbocycles. The molecule has 0 aliphatic rings. The average Bonchev–Trinajstić information content (AvgIpc) is 2.96. The van der Waals surface area contributed by atoms with Gasteiger partial charge in [-0.2, -0.15) is 5.06 Å². The van der Waals surface area contributed by atoms with Gasteiger partial charge < -0.3 is 29.6 Å². The Hall–Kier alpha value is -4.61. The van der Waals surface area contributed by atoms with Gasteiger partial charge >= 0.3 is 12.0 Å². The van der Waals surface area contributed by atoms with Gasteiger partial charge in [-0.25, -0.2) is 9.59 Å². The number of benzene rings is 3. The third kappa shape index (κ3) is 8.19. The average molecular weight is 565 g/mol. The molecule has 218 valence electrons. The van der Waals surface area contributed by atoms with Crippen molar-refractivity contribution in [3.8, 4) is 11.5 Å². The van der Waals surface area contributed by atoms with Gasteiger partial charge in [-0.1, -0.05) is 18.2 Å². The minimum atomic E-state index is -1.02. The molecule has 0 aliphatic heterocycles. The molecule has 0 radical (unpaired) electrons. The molecule has 2 N–H and O–H groups in total. The van der Waals surface area contributed by atoms with Gasteiger partial charge in [0.05, 0.1) is 37.7 Å². The first kappa shape index (κ1) is 30.9. The van der Waals surface area contributed by atoms with Gasteiger partial charge in [-0.3, -0.25) is 9.69 Å². The molecular weight excluding hydrogens is 528 g/mol. The summed E-state index contributed by atoms with van der Waals surface area (Å²) in [6, 6.07) is 18.4. The molecule has 0 fully saturated rings. The molecule has 0 saturated heterocycles.